The van der Waals surface area contributed by atoms with E-state index in [2.05, 4.69) is 5.32 Å². The van der Waals surface area contributed by atoms with Gasteiger partial charge in [-0.15, -0.1) is 0 Å². The van der Waals surface area contributed by atoms with Crippen molar-refractivity contribution in [3.63, 3.8) is 0 Å². The van der Waals surface area contributed by atoms with Gasteiger partial charge in [-0.1, -0.05) is 0 Å². The molecule has 0 spiro atoms. The van der Waals surface area contributed by atoms with Crippen LogP contribution in [0.15, 0.2) is 0 Å². The lowest BCUT2D eigenvalue weighted by molar-refractivity contribution is -0.129. The van der Waals surface area contributed by atoms with E-state index in [0.29, 0.717) is 26.3 Å². The van der Waals surface area contributed by atoms with Gasteiger partial charge in [0.25, 0.3) is 0 Å². The number of carbonyl (C=O) groups is 1. The predicted octanol–water partition coefficient (Wildman–Crippen LogP) is -0.140. The average molecular weight is 230 g/mol. The van der Waals surface area contributed by atoms with Crippen molar-refractivity contribution < 1.29 is 14.3 Å². The number of ether oxygens (including phenoxy) is 2. The van der Waals surface area contributed by atoms with Crippen molar-refractivity contribution in [2.24, 2.45) is 0 Å². The van der Waals surface area contributed by atoms with Crippen LogP contribution >= 0.6 is 0 Å². The monoisotopic (exact) mass is 230 g/mol. The molecule has 1 fully saturated rings. The Labute approximate surface area is 97.1 Å². The number of rotatable bonds is 7. The van der Waals surface area contributed by atoms with E-state index in [-0.39, 0.29) is 12.0 Å². The van der Waals surface area contributed by atoms with Crippen LogP contribution in [0.3, 0.4) is 0 Å². The van der Waals surface area contributed by atoms with E-state index in [0.717, 1.165) is 19.6 Å². The zero-order valence-corrected chi connectivity index (χ0v) is 10.2. The van der Waals surface area contributed by atoms with Gasteiger partial charge in [0, 0.05) is 19.7 Å². The van der Waals surface area contributed by atoms with E-state index in [1.54, 1.807) is 7.05 Å². The molecule has 0 aromatic carbocycles. The van der Waals surface area contributed by atoms with Gasteiger partial charge in [-0.05, 0) is 20.4 Å². The molecule has 0 aliphatic carbocycles. The maximum absolute atomic E-state index is 11.6. The van der Waals surface area contributed by atoms with Gasteiger partial charge in [0.2, 0.25) is 5.91 Å². The Kier molecular flexibility index (Phi) is 6.37. The largest absolute Gasteiger partial charge is 0.379 e. The summed E-state index contributed by atoms with van der Waals surface area (Å²) in [5.41, 5.74) is 0. The normalized spacial score (nSPS) is 20.4. The van der Waals surface area contributed by atoms with E-state index in [9.17, 15) is 4.79 Å². The molecule has 16 heavy (non-hydrogen) atoms. The minimum absolute atomic E-state index is 0.151. The summed E-state index contributed by atoms with van der Waals surface area (Å²) < 4.78 is 10.8. The van der Waals surface area contributed by atoms with Crippen molar-refractivity contribution in [3.8, 4) is 0 Å². The van der Waals surface area contributed by atoms with E-state index in [1.807, 2.05) is 11.8 Å². The molecule has 0 radical (unpaired) electrons. The first-order valence-corrected chi connectivity index (χ1v) is 5.89. The Balaban J connectivity index is 2.12. The van der Waals surface area contributed by atoms with Gasteiger partial charge in [-0.2, -0.15) is 0 Å². The van der Waals surface area contributed by atoms with Gasteiger partial charge < -0.3 is 19.7 Å². The van der Waals surface area contributed by atoms with Crippen LogP contribution < -0.4 is 5.32 Å². The first-order valence-electron chi connectivity index (χ1n) is 5.89. The van der Waals surface area contributed by atoms with Crippen molar-refractivity contribution in [2.45, 2.75) is 19.4 Å². The van der Waals surface area contributed by atoms with Crippen LogP contribution in [-0.2, 0) is 14.3 Å². The molecule has 1 rings (SSSR count). The molecule has 0 aromatic rings. The maximum Gasteiger partial charge on any atom is 0.236 e. The number of hydrogen-bond donors (Lipinski definition) is 1. The van der Waals surface area contributed by atoms with Crippen molar-refractivity contribution in [1.29, 1.82) is 0 Å². The lowest BCUT2D eigenvalue weighted by Crippen LogP contribution is -2.36. The van der Waals surface area contributed by atoms with Gasteiger partial charge in [0.1, 0.15) is 0 Å². The second-order valence-corrected chi connectivity index (χ2v) is 3.85. The number of likely N-dealkylation sites (N-methyl/N-ethyl adjacent to an activating group) is 1. The molecule has 1 aliphatic heterocycles. The molecular formula is C11H22N2O3. The average Bonchev–Trinajstić information content (AvgIpc) is 2.73. The number of likely N-dealkylation sites (tertiary alicyclic amines) is 1. The van der Waals surface area contributed by atoms with E-state index in [1.165, 1.54) is 0 Å². The summed E-state index contributed by atoms with van der Waals surface area (Å²) >= 11 is 0. The summed E-state index contributed by atoms with van der Waals surface area (Å²) in [4.78, 5) is 13.4. The van der Waals surface area contributed by atoms with Gasteiger partial charge in [-0.25, -0.2) is 0 Å². The molecule has 5 nitrogen and oxygen atoms in total. The molecule has 0 bridgehead atoms. The molecular weight excluding hydrogens is 208 g/mol. The summed E-state index contributed by atoms with van der Waals surface area (Å²) in [6.07, 6.45) is 1.11. The van der Waals surface area contributed by atoms with Crippen LogP contribution in [0.1, 0.15) is 13.3 Å². The van der Waals surface area contributed by atoms with E-state index < -0.39 is 0 Å². The SMILES string of the molecule is CCOCCO[C@H]1CCN(C(=O)CNC)C1. The molecule has 5 heteroatoms. The van der Waals surface area contributed by atoms with Gasteiger partial charge in [0.15, 0.2) is 0 Å². The Morgan fingerprint density at radius 1 is 1.50 bits per heavy atom. The van der Waals surface area contributed by atoms with Crippen molar-refractivity contribution >= 4 is 5.91 Å². The quantitative estimate of drug-likeness (QED) is 0.619. The van der Waals surface area contributed by atoms with Crippen LogP contribution in [0.5, 0.6) is 0 Å². The Hall–Kier alpha value is -0.650. The lowest BCUT2D eigenvalue weighted by atomic mass is 10.3. The number of nitrogens with one attached hydrogen (secondary N) is 1. The summed E-state index contributed by atoms with van der Waals surface area (Å²) in [5.74, 6) is 0.151. The summed E-state index contributed by atoms with van der Waals surface area (Å²) in [7, 11) is 1.78. The lowest BCUT2D eigenvalue weighted by Gasteiger charge is -2.16. The highest BCUT2D eigenvalue weighted by Gasteiger charge is 2.25. The third kappa shape index (κ3) is 4.47. The molecule has 1 saturated heterocycles. The van der Waals surface area contributed by atoms with Gasteiger partial charge in [-0.3, -0.25) is 4.79 Å². The number of carbonyl (C=O) groups excluding carboxylic acids is 1. The number of hydrogen-bond acceptors (Lipinski definition) is 4. The molecule has 0 unspecified atom stereocenters. The minimum atomic E-state index is 0.151. The van der Waals surface area contributed by atoms with Crippen LogP contribution in [-0.4, -0.2) is 63.4 Å². The smallest absolute Gasteiger partial charge is 0.236 e. The Morgan fingerprint density at radius 2 is 2.31 bits per heavy atom. The fraction of sp³-hybridized carbons (Fsp3) is 0.909. The number of amides is 1. The molecule has 1 amide bonds. The third-order valence-electron chi connectivity index (χ3n) is 2.61. The molecule has 1 N–H and O–H groups in total. The first-order chi connectivity index (χ1) is 7.77. The Morgan fingerprint density at radius 3 is 3.00 bits per heavy atom. The zero-order chi connectivity index (χ0) is 11.8. The van der Waals surface area contributed by atoms with E-state index >= 15 is 0 Å². The highest BCUT2D eigenvalue weighted by atomic mass is 16.5. The van der Waals surface area contributed by atoms with E-state index in [4.69, 9.17) is 9.47 Å². The van der Waals surface area contributed by atoms with Gasteiger partial charge >= 0.3 is 0 Å². The molecule has 1 aliphatic rings. The van der Waals surface area contributed by atoms with Crippen LogP contribution in [0.2, 0.25) is 0 Å². The third-order valence-corrected chi connectivity index (χ3v) is 2.61. The van der Waals surface area contributed by atoms with Crippen molar-refractivity contribution in [3.05, 3.63) is 0 Å². The van der Waals surface area contributed by atoms with Crippen LogP contribution in [0.4, 0.5) is 0 Å². The summed E-state index contributed by atoms with van der Waals surface area (Å²) in [6, 6.07) is 0. The fourth-order valence-corrected chi connectivity index (χ4v) is 1.77. The fourth-order valence-electron chi connectivity index (χ4n) is 1.77. The van der Waals surface area contributed by atoms with Crippen LogP contribution in [0.25, 0.3) is 0 Å². The predicted molar refractivity (Wildman–Crippen MR) is 61.4 cm³/mol. The summed E-state index contributed by atoms with van der Waals surface area (Å²) in [6.45, 7) is 5.87. The number of nitrogens with zero attached hydrogens (tertiary/aromatic N) is 1. The molecule has 0 saturated carbocycles. The summed E-state index contributed by atoms with van der Waals surface area (Å²) in [5, 5.41) is 2.87. The van der Waals surface area contributed by atoms with Crippen molar-refractivity contribution in [2.75, 3.05) is 46.5 Å². The highest BCUT2D eigenvalue weighted by Crippen LogP contribution is 2.12. The molecule has 0 aromatic heterocycles. The standard InChI is InChI=1S/C11H22N2O3/c1-3-15-6-7-16-10-4-5-13(9-10)11(14)8-12-2/h10,12H,3-9H2,1-2H3/t10-/m0/s1. The van der Waals surface area contributed by atoms with Crippen molar-refractivity contribution in [1.82, 2.24) is 10.2 Å². The topological polar surface area (TPSA) is 50.8 Å². The minimum Gasteiger partial charge on any atom is -0.379 e. The van der Waals surface area contributed by atoms with Crippen LogP contribution in [0, 0.1) is 0 Å². The second-order valence-electron chi connectivity index (χ2n) is 3.85. The maximum atomic E-state index is 11.6. The van der Waals surface area contributed by atoms with Gasteiger partial charge in [0.05, 0.1) is 25.9 Å². The molecule has 1 heterocycles. The Bertz CT molecular complexity index is 211. The first kappa shape index (κ1) is 13.4. The molecule has 94 valence electrons. The molecule has 1 atom stereocenters. The second kappa shape index (κ2) is 7.60. The zero-order valence-electron chi connectivity index (χ0n) is 10.2. The highest BCUT2D eigenvalue weighted by molar-refractivity contribution is 5.78.